The number of benzene rings is 2. The minimum atomic E-state index is -3.24. The Balaban J connectivity index is 2.61. The summed E-state index contributed by atoms with van der Waals surface area (Å²) in [5.74, 6) is 3.27. The van der Waals surface area contributed by atoms with Crippen LogP contribution in [-0.4, -0.2) is 21.8 Å². The van der Waals surface area contributed by atoms with Crippen molar-refractivity contribution in [3.05, 3.63) is 48.0 Å². The van der Waals surface area contributed by atoms with Crippen LogP contribution in [0.5, 0.6) is 5.75 Å². The second-order valence-corrected chi connectivity index (χ2v) is 6.37. The van der Waals surface area contributed by atoms with Gasteiger partial charge in [0.1, 0.15) is 5.75 Å². The van der Waals surface area contributed by atoms with Gasteiger partial charge in [0, 0.05) is 11.8 Å². The summed E-state index contributed by atoms with van der Waals surface area (Å²) in [4.78, 5) is 0.272. The zero-order valence-electron chi connectivity index (χ0n) is 11.3. The predicted molar refractivity (Wildman–Crippen MR) is 79.5 cm³/mol. The number of methoxy groups -OCH3 is 1. The zero-order chi connectivity index (χ0) is 14.8. The van der Waals surface area contributed by atoms with E-state index in [1.807, 2.05) is 12.1 Å². The summed E-state index contributed by atoms with van der Waals surface area (Å²) in [6.45, 7) is 0. The van der Waals surface area contributed by atoms with Gasteiger partial charge in [-0.25, -0.2) is 8.42 Å². The molecule has 2 aromatic rings. The number of sulfone groups is 1. The van der Waals surface area contributed by atoms with Crippen molar-refractivity contribution < 1.29 is 13.2 Å². The van der Waals surface area contributed by atoms with E-state index in [1.54, 1.807) is 37.4 Å². The van der Waals surface area contributed by atoms with Gasteiger partial charge in [0.05, 0.1) is 12.0 Å². The number of ether oxygens (including phenoxy) is 1. The first-order valence-electron chi connectivity index (χ1n) is 5.91. The molecule has 3 nitrogen and oxygen atoms in total. The quantitative estimate of drug-likeness (QED) is 0.815. The second kappa shape index (κ2) is 5.40. The van der Waals surface area contributed by atoms with E-state index >= 15 is 0 Å². The van der Waals surface area contributed by atoms with E-state index in [0.717, 1.165) is 11.1 Å². The van der Waals surface area contributed by atoms with E-state index in [9.17, 15) is 8.42 Å². The van der Waals surface area contributed by atoms with Gasteiger partial charge in [-0.3, -0.25) is 0 Å². The summed E-state index contributed by atoms with van der Waals surface area (Å²) >= 11 is 0. The number of hydrogen-bond donors (Lipinski definition) is 0. The van der Waals surface area contributed by atoms with Gasteiger partial charge in [-0.15, -0.1) is 6.42 Å². The summed E-state index contributed by atoms with van der Waals surface area (Å²) in [5.41, 5.74) is 2.23. The highest BCUT2D eigenvalue weighted by molar-refractivity contribution is 7.90. The topological polar surface area (TPSA) is 43.4 Å². The lowest BCUT2D eigenvalue weighted by Crippen LogP contribution is -1.97. The first-order chi connectivity index (χ1) is 9.45. The third-order valence-electron chi connectivity index (χ3n) is 2.96. The molecular weight excluding hydrogens is 272 g/mol. The molecule has 0 unspecified atom stereocenters. The van der Waals surface area contributed by atoms with Gasteiger partial charge >= 0.3 is 0 Å². The lowest BCUT2D eigenvalue weighted by atomic mass is 10.00. The smallest absolute Gasteiger partial charge is 0.175 e. The van der Waals surface area contributed by atoms with Crippen molar-refractivity contribution in [3.63, 3.8) is 0 Å². The third-order valence-corrected chi connectivity index (χ3v) is 4.07. The molecule has 20 heavy (non-hydrogen) atoms. The standard InChI is InChI=1S/C16H14O3S/c1-4-12-10-14(19-2)8-9-16(12)13-6-5-7-15(11-13)20(3,17)18/h1,5-11H,2-3H3. The Kier molecular flexibility index (Phi) is 3.82. The summed E-state index contributed by atoms with van der Waals surface area (Å²) < 4.78 is 28.4. The Hall–Kier alpha value is -2.25. The SMILES string of the molecule is C#Cc1cc(OC)ccc1-c1cccc(S(C)(=O)=O)c1. The van der Waals surface area contributed by atoms with Crippen LogP contribution in [0.15, 0.2) is 47.4 Å². The molecule has 0 N–H and O–H groups in total. The van der Waals surface area contributed by atoms with Gasteiger partial charge in [-0.05, 0) is 41.5 Å². The van der Waals surface area contributed by atoms with Gasteiger partial charge < -0.3 is 4.74 Å². The maximum atomic E-state index is 11.6. The highest BCUT2D eigenvalue weighted by atomic mass is 32.2. The van der Waals surface area contributed by atoms with Crippen LogP contribution in [0.25, 0.3) is 11.1 Å². The van der Waals surface area contributed by atoms with Gasteiger partial charge in [-0.2, -0.15) is 0 Å². The Morgan fingerprint density at radius 3 is 2.50 bits per heavy atom. The number of hydrogen-bond acceptors (Lipinski definition) is 3. The molecule has 0 aliphatic carbocycles. The summed E-state index contributed by atoms with van der Waals surface area (Å²) in [6.07, 6.45) is 6.69. The number of rotatable bonds is 3. The van der Waals surface area contributed by atoms with E-state index in [-0.39, 0.29) is 4.90 Å². The van der Waals surface area contributed by atoms with Crippen molar-refractivity contribution in [3.8, 4) is 29.2 Å². The van der Waals surface area contributed by atoms with Gasteiger partial charge in [0.2, 0.25) is 0 Å². The second-order valence-electron chi connectivity index (χ2n) is 4.36. The monoisotopic (exact) mass is 286 g/mol. The molecular formula is C16H14O3S. The molecule has 2 rings (SSSR count). The maximum Gasteiger partial charge on any atom is 0.175 e. The normalized spacial score (nSPS) is 10.8. The molecule has 0 radical (unpaired) electrons. The number of terminal acetylenes is 1. The molecule has 0 amide bonds. The van der Waals surface area contributed by atoms with E-state index in [4.69, 9.17) is 11.2 Å². The molecule has 0 saturated heterocycles. The summed E-state index contributed by atoms with van der Waals surface area (Å²) in [7, 11) is -1.67. The molecule has 0 saturated carbocycles. The fourth-order valence-corrected chi connectivity index (χ4v) is 2.58. The Labute approximate surface area is 119 Å². The Bertz CT molecular complexity index is 784. The van der Waals surface area contributed by atoms with Crippen molar-refractivity contribution in [1.82, 2.24) is 0 Å². The summed E-state index contributed by atoms with van der Waals surface area (Å²) in [6, 6.07) is 12.1. The Morgan fingerprint density at radius 1 is 1.15 bits per heavy atom. The van der Waals surface area contributed by atoms with Crippen molar-refractivity contribution in [2.75, 3.05) is 13.4 Å². The average Bonchev–Trinajstić information content (AvgIpc) is 2.45. The van der Waals surface area contributed by atoms with Crippen molar-refractivity contribution in [2.45, 2.75) is 4.90 Å². The van der Waals surface area contributed by atoms with E-state index in [2.05, 4.69) is 5.92 Å². The van der Waals surface area contributed by atoms with Crippen molar-refractivity contribution in [2.24, 2.45) is 0 Å². The van der Waals surface area contributed by atoms with Gasteiger partial charge in [0.15, 0.2) is 9.84 Å². The van der Waals surface area contributed by atoms with Gasteiger partial charge in [0.25, 0.3) is 0 Å². The average molecular weight is 286 g/mol. The van der Waals surface area contributed by atoms with Crippen LogP contribution in [0, 0.1) is 12.3 Å². The largest absolute Gasteiger partial charge is 0.497 e. The molecule has 0 heterocycles. The van der Waals surface area contributed by atoms with Crippen LogP contribution >= 0.6 is 0 Å². The van der Waals surface area contributed by atoms with E-state index in [1.165, 1.54) is 6.26 Å². The Morgan fingerprint density at radius 2 is 1.90 bits per heavy atom. The van der Waals surface area contributed by atoms with Crippen LogP contribution in [0.3, 0.4) is 0 Å². The molecule has 0 aromatic heterocycles. The first-order valence-corrected chi connectivity index (χ1v) is 7.80. The minimum absolute atomic E-state index is 0.272. The molecule has 0 atom stereocenters. The fourth-order valence-electron chi connectivity index (χ4n) is 1.92. The fraction of sp³-hybridized carbons (Fsp3) is 0.125. The molecule has 0 spiro atoms. The van der Waals surface area contributed by atoms with Crippen molar-refractivity contribution >= 4 is 9.84 Å². The molecule has 0 fully saturated rings. The lowest BCUT2D eigenvalue weighted by Gasteiger charge is -2.09. The summed E-state index contributed by atoms with van der Waals surface area (Å²) in [5, 5.41) is 0. The minimum Gasteiger partial charge on any atom is -0.497 e. The lowest BCUT2D eigenvalue weighted by molar-refractivity contribution is 0.415. The first kappa shape index (κ1) is 14.2. The van der Waals surface area contributed by atoms with Crippen LogP contribution < -0.4 is 4.74 Å². The molecule has 102 valence electrons. The molecule has 0 aliphatic heterocycles. The van der Waals surface area contributed by atoms with Gasteiger partial charge in [-0.1, -0.05) is 18.1 Å². The van der Waals surface area contributed by atoms with E-state index < -0.39 is 9.84 Å². The highest BCUT2D eigenvalue weighted by Gasteiger charge is 2.10. The zero-order valence-corrected chi connectivity index (χ0v) is 12.1. The van der Waals surface area contributed by atoms with Crippen LogP contribution in [0.1, 0.15) is 5.56 Å². The third kappa shape index (κ3) is 2.84. The molecule has 0 bridgehead atoms. The highest BCUT2D eigenvalue weighted by Crippen LogP contribution is 2.28. The van der Waals surface area contributed by atoms with Crippen LogP contribution in [-0.2, 0) is 9.84 Å². The van der Waals surface area contributed by atoms with Crippen LogP contribution in [0.2, 0.25) is 0 Å². The van der Waals surface area contributed by atoms with Crippen LogP contribution in [0.4, 0.5) is 0 Å². The predicted octanol–water partition coefficient (Wildman–Crippen LogP) is 2.75. The van der Waals surface area contributed by atoms with E-state index in [0.29, 0.717) is 11.3 Å². The molecule has 2 aromatic carbocycles. The molecule has 0 aliphatic rings. The van der Waals surface area contributed by atoms with Crippen molar-refractivity contribution in [1.29, 1.82) is 0 Å². The maximum absolute atomic E-state index is 11.6. The molecule has 4 heteroatoms.